The molecule has 0 spiro atoms. The third-order valence-electron chi connectivity index (χ3n) is 2.25. The van der Waals surface area contributed by atoms with Crippen molar-refractivity contribution in [3.05, 3.63) is 64.4 Å². The van der Waals surface area contributed by atoms with Gasteiger partial charge in [-0.05, 0) is 23.3 Å². The van der Waals surface area contributed by atoms with Crippen LogP contribution in [0.5, 0.6) is 0 Å². The molecule has 17 heavy (non-hydrogen) atoms. The Morgan fingerprint density at radius 1 is 1.18 bits per heavy atom. The zero-order valence-electron chi connectivity index (χ0n) is 8.97. The van der Waals surface area contributed by atoms with Crippen molar-refractivity contribution in [3.8, 4) is 6.07 Å². The van der Waals surface area contributed by atoms with Gasteiger partial charge in [0.2, 0.25) is 0 Å². The van der Waals surface area contributed by atoms with Gasteiger partial charge in [-0.2, -0.15) is 5.26 Å². The number of pyridine rings is 1. The summed E-state index contributed by atoms with van der Waals surface area (Å²) in [6.07, 6.45) is 7.02. The van der Waals surface area contributed by atoms with Crippen LogP contribution < -0.4 is 0 Å². The van der Waals surface area contributed by atoms with Crippen LogP contribution in [-0.2, 0) is 0 Å². The highest BCUT2D eigenvalue weighted by atomic mass is 35.5. The molecule has 0 atom stereocenters. The molecule has 2 aromatic rings. The van der Waals surface area contributed by atoms with Gasteiger partial charge in [0.05, 0.1) is 5.56 Å². The molecular formula is C14H9ClN2. The maximum Gasteiger partial charge on any atom is 0.101 e. The topological polar surface area (TPSA) is 36.7 Å². The molecule has 0 unspecified atom stereocenters. The average Bonchev–Trinajstić information content (AvgIpc) is 2.38. The largest absolute Gasteiger partial charge is 0.263 e. The van der Waals surface area contributed by atoms with E-state index in [0.29, 0.717) is 10.6 Å². The highest BCUT2D eigenvalue weighted by molar-refractivity contribution is 6.32. The molecule has 2 rings (SSSR count). The van der Waals surface area contributed by atoms with Crippen LogP contribution in [0, 0.1) is 11.3 Å². The fourth-order valence-corrected chi connectivity index (χ4v) is 1.61. The van der Waals surface area contributed by atoms with Crippen molar-refractivity contribution < 1.29 is 0 Å². The van der Waals surface area contributed by atoms with Crippen LogP contribution in [0.15, 0.2) is 42.7 Å². The van der Waals surface area contributed by atoms with E-state index in [1.54, 1.807) is 12.3 Å². The summed E-state index contributed by atoms with van der Waals surface area (Å²) in [5.74, 6) is 0. The smallest absolute Gasteiger partial charge is 0.101 e. The molecule has 0 aliphatic heterocycles. The summed E-state index contributed by atoms with van der Waals surface area (Å²) in [4.78, 5) is 3.98. The Labute approximate surface area is 105 Å². The summed E-state index contributed by atoms with van der Waals surface area (Å²) in [5.41, 5.74) is 2.37. The quantitative estimate of drug-likeness (QED) is 0.801. The predicted molar refractivity (Wildman–Crippen MR) is 69.3 cm³/mol. The van der Waals surface area contributed by atoms with Gasteiger partial charge in [-0.1, -0.05) is 42.0 Å². The van der Waals surface area contributed by atoms with Gasteiger partial charge in [-0.25, -0.2) is 0 Å². The molecule has 1 aromatic heterocycles. The molecule has 0 aliphatic rings. The first-order chi connectivity index (χ1) is 8.29. The molecule has 0 saturated carbocycles. The second-order valence-corrected chi connectivity index (χ2v) is 3.88. The molecule has 0 aliphatic carbocycles. The predicted octanol–water partition coefficient (Wildman–Crippen LogP) is 3.78. The lowest BCUT2D eigenvalue weighted by Crippen LogP contribution is -1.80. The first-order valence-electron chi connectivity index (χ1n) is 5.07. The standard InChI is InChI=1S/C14H9ClN2/c15-14-4-2-1-3-13(14)6-5-11-7-12(8-16)10-17-9-11/h1-7,9-10H. The molecule has 0 N–H and O–H groups in total. The summed E-state index contributed by atoms with van der Waals surface area (Å²) in [6, 6.07) is 11.4. The van der Waals surface area contributed by atoms with E-state index < -0.39 is 0 Å². The SMILES string of the molecule is N#Cc1cncc(C=Cc2ccccc2Cl)c1. The molecule has 0 saturated heterocycles. The van der Waals surface area contributed by atoms with Crippen molar-refractivity contribution in [2.24, 2.45) is 0 Å². The van der Waals surface area contributed by atoms with E-state index in [4.69, 9.17) is 16.9 Å². The Bertz CT molecular complexity index is 597. The normalized spacial score (nSPS) is 10.4. The first-order valence-corrected chi connectivity index (χ1v) is 5.45. The van der Waals surface area contributed by atoms with Crippen molar-refractivity contribution in [1.82, 2.24) is 4.98 Å². The molecule has 82 valence electrons. The second kappa shape index (κ2) is 5.29. The van der Waals surface area contributed by atoms with Crippen molar-refractivity contribution >= 4 is 23.8 Å². The fraction of sp³-hybridized carbons (Fsp3) is 0. The van der Waals surface area contributed by atoms with Crippen molar-refractivity contribution in [2.45, 2.75) is 0 Å². The number of nitrogens with zero attached hydrogens (tertiary/aromatic N) is 2. The highest BCUT2D eigenvalue weighted by Gasteiger charge is 1.95. The number of rotatable bonds is 2. The Hall–Kier alpha value is -2.11. The Balaban J connectivity index is 2.27. The van der Waals surface area contributed by atoms with Crippen LogP contribution >= 0.6 is 11.6 Å². The second-order valence-electron chi connectivity index (χ2n) is 3.47. The maximum absolute atomic E-state index is 8.76. The van der Waals surface area contributed by atoms with E-state index in [0.717, 1.165) is 11.1 Å². The molecule has 0 fully saturated rings. The lowest BCUT2D eigenvalue weighted by Gasteiger charge is -1.97. The maximum atomic E-state index is 8.76. The van der Waals surface area contributed by atoms with Crippen LogP contribution in [0.4, 0.5) is 0 Å². The van der Waals surface area contributed by atoms with E-state index in [2.05, 4.69) is 11.1 Å². The van der Waals surface area contributed by atoms with E-state index in [9.17, 15) is 0 Å². The van der Waals surface area contributed by atoms with Gasteiger partial charge in [-0.15, -0.1) is 0 Å². The zero-order chi connectivity index (χ0) is 12.1. The number of hydrogen-bond donors (Lipinski definition) is 0. The summed E-state index contributed by atoms with van der Waals surface area (Å²) < 4.78 is 0. The highest BCUT2D eigenvalue weighted by Crippen LogP contribution is 2.17. The molecule has 1 aromatic carbocycles. The Morgan fingerprint density at radius 2 is 2.00 bits per heavy atom. The number of nitriles is 1. The van der Waals surface area contributed by atoms with E-state index in [-0.39, 0.29) is 0 Å². The minimum absolute atomic E-state index is 0.548. The Kier molecular flexibility index (Phi) is 3.54. The lowest BCUT2D eigenvalue weighted by atomic mass is 10.1. The van der Waals surface area contributed by atoms with Gasteiger partial charge in [0, 0.05) is 17.4 Å². The summed E-state index contributed by atoms with van der Waals surface area (Å²) in [5, 5.41) is 9.46. The van der Waals surface area contributed by atoms with Crippen LogP contribution in [-0.4, -0.2) is 4.98 Å². The van der Waals surface area contributed by atoms with Crippen molar-refractivity contribution in [1.29, 1.82) is 5.26 Å². The Morgan fingerprint density at radius 3 is 2.76 bits per heavy atom. The van der Waals surface area contributed by atoms with Gasteiger partial charge in [0.15, 0.2) is 0 Å². The van der Waals surface area contributed by atoms with E-state index >= 15 is 0 Å². The summed E-state index contributed by atoms with van der Waals surface area (Å²) in [6.45, 7) is 0. The molecular weight excluding hydrogens is 232 g/mol. The summed E-state index contributed by atoms with van der Waals surface area (Å²) >= 11 is 6.03. The van der Waals surface area contributed by atoms with Crippen molar-refractivity contribution in [3.63, 3.8) is 0 Å². The van der Waals surface area contributed by atoms with Gasteiger partial charge < -0.3 is 0 Å². The van der Waals surface area contributed by atoms with Gasteiger partial charge >= 0.3 is 0 Å². The number of aromatic nitrogens is 1. The molecule has 3 heteroatoms. The van der Waals surface area contributed by atoms with Crippen LogP contribution in [0.3, 0.4) is 0 Å². The zero-order valence-corrected chi connectivity index (χ0v) is 9.72. The van der Waals surface area contributed by atoms with Gasteiger partial charge in [0.1, 0.15) is 6.07 Å². The van der Waals surface area contributed by atoms with Crippen LogP contribution in [0.25, 0.3) is 12.2 Å². The first kappa shape index (κ1) is 11.4. The lowest BCUT2D eigenvalue weighted by molar-refractivity contribution is 1.29. The number of halogens is 1. The molecule has 1 heterocycles. The number of benzene rings is 1. The third kappa shape index (κ3) is 2.93. The van der Waals surface area contributed by atoms with Crippen molar-refractivity contribution in [2.75, 3.05) is 0 Å². The third-order valence-corrected chi connectivity index (χ3v) is 2.59. The minimum Gasteiger partial charge on any atom is -0.263 e. The van der Waals surface area contributed by atoms with Gasteiger partial charge in [0.25, 0.3) is 0 Å². The van der Waals surface area contributed by atoms with Gasteiger partial charge in [-0.3, -0.25) is 4.98 Å². The molecule has 0 radical (unpaired) electrons. The van der Waals surface area contributed by atoms with E-state index in [1.165, 1.54) is 6.20 Å². The summed E-state index contributed by atoms with van der Waals surface area (Å²) in [7, 11) is 0. The molecule has 0 amide bonds. The number of hydrogen-bond acceptors (Lipinski definition) is 2. The van der Waals surface area contributed by atoms with Crippen LogP contribution in [0.1, 0.15) is 16.7 Å². The average molecular weight is 241 g/mol. The minimum atomic E-state index is 0.548. The fourth-order valence-electron chi connectivity index (χ4n) is 1.41. The van der Waals surface area contributed by atoms with E-state index in [1.807, 2.05) is 36.4 Å². The molecule has 0 bridgehead atoms. The van der Waals surface area contributed by atoms with Crippen LogP contribution in [0.2, 0.25) is 5.02 Å². The molecule has 2 nitrogen and oxygen atoms in total. The monoisotopic (exact) mass is 240 g/mol.